The topological polar surface area (TPSA) is 56.1 Å². The van der Waals surface area contributed by atoms with Gasteiger partial charge in [0.1, 0.15) is 11.6 Å². The summed E-state index contributed by atoms with van der Waals surface area (Å²) in [4.78, 5) is 13.8. The number of benzene rings is 1. The van der Waals surface area contributed by atoms with E-state index in [-0.39, 0.29) is 11.4 Å². The molecule has 1 N–H and O–H groups in total. The second-order valence-electron chi connectivity index (χ2n) is 3.78. The van der Waals surface area contributed by atoms with Gasteiger partial charge in [0.2, 0.25) is 5.78 Å². The Kier molecular flexibility index (Phi) is 3.70. The van der Waals surface area contributed by atoms with Crippen molar-refractivity contribution >= 4 is 23.1 Å². The van der Waals surface area contributed by atoms with Crippen molar-refractivity contribution in [2.45, 2.75) is 0 Å². The van der Waals surface area contributed by atoms with Crippen LogP contribution in [0.2, 0.25) is 0 Å². The van der Waals surface area contributed by atoms with Gasteiger partial charge in [0.05, 0.1) is 0 Å². The van der Waals surface area contributed by atoms with E-state index in [9.17, 15) is 4.79 Å². The average Bonchev–Trinajstić information content (AvgIpc) is 2.81. The number of rotatable bonds is 3. The third-order valence-corrected chi connectivity index (χ3v) is 2.95. The fourth-order valence-corrected chi connectivity index (χ4v) is 1.89. The zero-order valence-corrected chi connectivity index (χ0v) is 10.4. The summed E-state index contributed by atoms with van der Waals surface area (Å²) in [7, 11) is 0. The maximum atomic E-state index is 12.1. The van der Waals surface area contributed by atoms with Crippen molar-refractivity contribution in [3.63, 3.8) is 0 Å². The Bertz CT molecular complexity index is 545. The SMILES string of the molecule is N#C/C(=C\N1CCNC1=S)C(=O)c1ccccc1. The quantitative estimate of drug-likeness (QED) is 0.384. The van der Waals surface area contributed by atoms with Gasteiger partial charge in [-0.3, -0.25) is 4.79 Å². The van der Waals surface area contributed by atoms with Gasteiger partial charge in [-0.25, -0.2) is 0 Å². The highest BCUT2D eigenvalue weighted by Crippen LogP contribution is 2.10. The van der Waals surface area contributed by atoms with E-state index in [4.69, 9.17) is 17.5 Å². The van der Waals surface area contributed by atoms with E-state index in [1.807, 2.05) is 12.1 Å². The minimum absolute atomic E-state index is 0.0900. The van der Waals surface area contributed by atoms with Gasteiger partial charge in [-0.2, -0.15) is 5.26 Å². The first kappa shape index (κ1) is 12.3. The molecule has 1 aliphatic heterocycles. The van der Waals surface area contributed by atoms with Crippen LogP contribution in [0.15, 0.2) is 42.1 Å². The highest BCUT2D eigenvalue weighted by Gasteiger charge is 2.18. The molecule has 1 aromatic carbocycles. The summed E-state index contributed by atoms with van der Waals surface area (Å²) < 4.78 is 0. The van der Waals surface area contributed by atoms with Crippen LogP contribution >= 0.6 is 12.2 Å². The Balaban J connectivity index is 2.24. The number of nitriles is 1. The lowest BCUT2D eigenvalue weighted by atomic mass is 10.1. The lowest BCUT2D eigenvalue weighted by molar-refractivity contribution is 0.103. The van der Waals surface area contributed by atoms with Crippen molar-refractivity contribution in [2.24, 2.45) is 0 Å². The summed E-state index contributed by atoms with van der Waals surface area (Å²) in [6.45, 7) is 1.40. The van der Waals surface area contributed by atoms with Crippen LogP contribution in [-0.4, -0.2) is 28.9 Å². The number of nitrogens with one attached hydrogen (secondary N) is 1. The molecule has 5 heteroatoms. The molecule has 0 aliphatic carbocycles. The standard InChI is InChI=1S/C13H11N3OS/c14-8-11(9-16-7-6-15-13(16)18)12(17)10-4-2-1-3-5-10/h1-5,9H,6-7H2,(H,15,18)/b11-9+. The Morgan fingerprint density at radius 3 is 2.72 bits per heavy atom. The Hall–Kier alpha value is -2.19. The van der Waals surface area contributed by atoms with Crippen LogP contribution in [0, 0.1) is 11.3 Å². The Morgan fingerprint density at radius 1 is 1.44 bits per heavy atom. The number of hydrogen-bond donors (Lipinski definition) is 1. The van der Waals surface area contributed by atoms with Gasteiger partial charge in [0, 0.05) is 24.9 Å². The first-order valence-electron chi connectivity index (χ1n) is 5.48. The van der Waals surface area contributed by atoms with Crippen molar-refractivity contribution in [1.29, 1.82) is 5.26 Å². The van der Waals surface area contributed by atoms with E-state index in [2.05, 4.69) is 5.32 Å². The van der Waals surface area contributed by atoms with E-state index in [0.717, 1.165) is 6.54 Å². The largest absolute Gasteiger partial charge is 0.360 e. The summed E-state index contributed by atoms with van der Waals surface area (Å²) in [5.74, 6) is -0.284. The normalized spacial score (nSPS) is 15.2. The van der Waals surface area contributed by atoms with Gasteiger partial charge in [-0.05, 0) is 12.2 Å². The van der Waals surface area contributed by atoms with Gasteiger partial charge in [0.15, 0.2) is 5.11 Å². The fraction of sp³-hybridized carbons (Fsp3) is 0.154. The maximum absolute atomic E-state index is 12.1. The molecular formula is C13H11N3OS. The number of allylic oxidation sites excluding steroid dienone is 1. The number of ketones is 1. The summed E-state index contributed by atoms with van der Waals surface area (Å²) in [5.41, 5.74) is 0.593. The second-order valence-corrected chi connectivity index (χ2v) is 4.16. The maximum Gasteiger partial charge on any atom is 0.205 e. The number of thiocarbonyl (C=S) groups is 1. The van der Waals surface area contributed by atoms with E-state index in [0.29, 0.717) is 17.2 Å². The molecule has 90 valence electrons. The Labute approximate surface area is 111 Å². The van der Waals surface area contributed by atoms with Crippen LogP contribution < -0.4 is 5.32 Å². The van der Waals surface area contributed by atoms with Crippen LogP contribution in [0.5, 0.6) is 0 Å². The number of carbonyl (C=O) groups excluding carboxylic acids is 1. The highest BCUT2D eigenvalue weighted by molar-refractivity contribution is 7.80. The van der Waals surface area contributed by atoms with Gasteiger partial charge in [0.25, 0.3) is 0 Å². The molecule has 0 bridgehead atoms. The first-order chi connectivity index (χ1) is 8.72. The van der Waals surface area contributed by atoms with Crippen LogP contribution in [0.4, 0.5) is 0 Å². The predicted molar refractivity (Wildman–Crippen MR) is 71.8 cm³/mol. The monoisotopic (exact) mass is 257 g/mol. The molecule has 0 spiro atoms. The minimum atomic E-state index is -0.284. The summed E-state index contributed by atoms with van der Waals surface area (Å²) in [6, 6.07) is 10.7. The summed E-state index contributed by atoms with van der Waals surface area (Å²) >= 11 is 5.06. The molecule has 18 heavy (non-hydrogen) atoms. The molecule has 1 saturated heterocycles. The van der Waals surface area contributed by atoms with Gasteiger partial charge in [-0.15, -0.1) is 0 Å². The van der Waals surface area contributed by atoms with E-state index in [1.54, 1.807) is 29.2 Å². The number of nitrogens with zero attached hydrogens (tertiary/aromatic N) is 2. The summed E-state index contributed by atoms with van der Waals surface area (Å²) in [6.07, 6.45) is 1.51. The van der Waals surface area contributed by atoms with Crippen molar-refractivity contribution in [2.75, 3.05) is 13.1 Å². The molecule has 0 saturated carbocycles. The van der Waals surface area contributed by atoms with Crippen molar-refractivity contribution < 1.29 is 4.79 Å². The van der Waals surface area contributed by atoms with Gasteiger partial charge in [-0.1, -0.05) is 30.3 Å². The first-order valence-corrected chi connectivity index (χ1v) is 5.89. The molecule has 1 aliphatic rings. The zero-order valence-electron chi connectivity index (χ0n) is 9.59. The van der Waals surface area contributed by atoms with Crippen LogP contribution in [-0.2, 0) is 0 Å². The molecular weight excluding hydrogens is 246 g/mol. The van der Waals surface area contributed by atoms with E-state index >= 15 is 0 Å². The fourth-order valence-electron chi connectivity index (χ4n) is 1.65. The predicted octanol–water partition coefficient (Wildman–Crippen LogP) is 1.47. The van der Waals surface area contributed by atoms with E-state index in [1.165, 1.54) is 6.20 Å². The molecule has 0 unspecified atom stereocenters. The van der Waals surface area contributed by atoms with Gasteiger partial charge >= 0.3 is 0 Å². The molecule has 0 radical (unpaired) electrons. The number of hydrogen-bond acceptors (Lipinski definition) is 3. The average molecular weight is 257 g/mol. The lowest BCUT2D eigenvalue weighted by Gasteiger charge is -2.10. The molecule has 4 nitrogen and oxygen atoms in total. The molecule has 0 aromatic heterocycles. The molecule has 0 atom stereocenters. The van der Waals surface area contributed by atoms with Crippen LogP contribution in [0.1, 0.15) is 10.4 Å². The minimum Gasteiger partial charge on any atom is -0.360 e. The molecule has 1 heterocycles. The highest BCUT2D eigenvalue weighted by atomic mass is 32.1. The number of carbonyl (C=O) groups is 1. The Morgan fingerprint density at radius 2 is 2.17 bits per heavy atom. The third kappa shape index (κ3) is 2.55. The molecule has 2 rings (SSSR count). The zero-order chi connectivity index (χ0) is 13.0. The van der Waals surface area contributed by atoms with E-state index < -0.39 is 0 Å². The van der Waals surface area contributed by atoms with Crippen molar-refractivity contribution in [3.8, 4) is 6.07 Å². The summed E-state index contributed by atoms with van der Waals surface area (Å²) in [5, 5.41) is 12.6. The number of Topliss-reactive ketones (excluding diaryl/α,β-unsaturated/α-hetero) is 1. The molecule has 1 aromatic rings. The molecule has 0 amide bonds. The second kappa shape index (κ2) is 5.43. The lowest BCUT2D eigenvalue weighted by Crippen LogP contribution is -2.23. The third-order valence-electron chi connectivity index (χ3n) is 2.58. The van der Waals surface area contributed by atoms with Crippen LogP contribution in [0.25, 0.3) is 0 Å². The smallest absolute Gasteiger partial charge is 0.205 e. The van der Waals surface area contributed by atoms with Crippen LogP contribution in [0.3, 0.4) is 0 Å². The van der Waals surface area contributed by atoms with Gasteiger partial charge < -0.3 is 10.2 Å². The van der Waals surface area contributed by atoms with Crippen molar-refractivity contribution in [1.82, 2.24) is 10.2 Å². The van der Waals surface area contributed by atoms with Crippen molar-refractivity contribution in [3.05, 3.63) is 47.7 Å². The molecule has 1 fully saturated rings.